The smallest absolute Gasteiger partial charge is 0.329 e. The largest absolute Gasteiger partial charge is 0.491 e. The van der Waals surface area contributed by atoms with Gasteiger partial charge in [-0.05, 0) is 66.6 Å². The minimum atomic E-state index is -1.12. The van der Waals surface area contributed by atoms with Crippen LogP contribution in [0.1, 0.15) is 24.2 Å². The van der Waals surface area contributed by atoms with Crippen LogP contribution in [0.2, 0.25) is 0 Å². The predicted octanol–water partition coefficient (Wildman–Crippen LogP) is 5.81. The zero-order chi connectivity index (χ0) is 25.5. The Morgan fingerprint density at radius 2 is 1.75 bits per heavy atom. The quantitative estimate of drug-likeness (QED) is 0.237. The number of carbonyl (C=O) groups excluding carboxylic acids is 1. The van der Waals surface area contributed by atoms with E-state index in [0.29, 0.717) is 18.1 Å². The second-order valence-corrected chi connectivity index (χ2v) is 9.57. The number of carbonyl (C=O) groups is 2. The Hall–Kier alpha value is -4.17. The zero-order valence-corrected chi connectivity index (χ0v) is 20.8. The maximum Gasteiger partial charge on any atom is 0.329 e. The monoisotopic (exact) mass is 501 g/mol. The van der Waals surface area contributed by atoms with Gasteiger partial charge in [0, 0.05) is 29.1 Å². The number of carboxylic acid groups (broad SMARTS) is 1. The summed E-state index contributed by atoms with van der Waals surface area (Å²) in [7, 11) is 0. The molecule has 0 unspecified atom stereocenters. The van der Waals surface area contributed by atoms with E-state index in [1.165, 1.54) is 4.70 Å². The molecule has 36 heavy (non-hydrogen) atoms. The molecule has 1 amide bonds. The minimum Gasteiger partial charge on any atom is -0.491 e. The van der Waals surface area contributed by atoms with Gasteiger partial charge < -0.3 is 20.5 Å². The summed E-state index contributed by atoms with van der Waals surface area (Å²) >= 11 is 1.67. The van der Waals surface area contributed by atoms with Gasteiger partial charge in [0.15, 0.2) is 0 Å². The summed E-state index contributed by atoms with van der Waals surface area (Å²) in [6.07, 6.45) is 1.98. The Balaban J connectivity index is 1.34. The number of fused-ring (bicyclic) bond motifs is 1. The Bertz CT molecular complexity index is 1330. The lowest BCUT2D eigenvalue weighted by Gasteiger charge is -2.24. The average molecular weight is 502 g/mol. The molecule has 0 aliphatic rings. The molecule has 1 aromatic heterocycles. The number of hydrogen-bond acceptors (Lipinski definition) is 6. The molecule has 0 aliphatic heterocycles. The average Bonchev–Trinajstić information content (AvgIpc) is 3.31. The Morgan fingerprint density at radius 3 is 2.42 bits per heavy atom. The van der Waals surface area contributed by atoms with Crippen LogP contribution >= 0.6 is 11.3 Å². The molecule has 0 saturated carbocycles. The third-order valence-corrected chi connectivity index (χ3v) is 6.65. The highest BCUT2D eigenvalue weighted by Gasteiger charge is 2.15. The van der Waals surface area contributed by atoms with Crippen LogP contribution in [0.4, 0.5) is 5.69 Å². The standard InChI is InChI=1S/C28H27N3O4S/c1-18(2)24(30-21-11-7-19(8-12-21)27(34)29-16-15-26(32)33)17-35-22-13-9-20(10-14-22)28-31-23-5-3-4-6-25(23)36-28/h3-16,18,24,30H,17H2,1-2H3,(H,29,34)(H,32,33)/t24-/m1/s1. The summed E-state index contributed by atoms with van der Waals surface area (Å²) in [6.45, 7) is 4.71. The maximum absolute atomic E-state index is 12.1. The van der Waals surface area contributed by atoms with Crippen molar-refractivity contribution in [2.24, 2.45) is 5.92 Å². The van der Waals surface area contributed by atoms with Gasteiger partial charge in [-0.2, -0.15) is 0 Å². The van der Waals surface area contributed by atoms with E-state index in [9.17, 15) is 9.59 Å². The molecule has 4 rings (SSSR count). The van der Waals surface area contributed by atoms with Crippen molar-refractivity contribution in [3.05, 3.63) is 90.6 Å². The van der Waals surface area contributed by atoms with Crippen LogP contribution < -0.4 is 15.4 Å². The highest BCUT2D eigenvalue weighted by atomic mass is 32.1. The summed E-state index contributed by atoms with van der Waals surface area (Å²) < 4.78 is 7.25. The van der Waals surface area contributed by atoms with Gasteiger partial charge >= 0.3 is 5.97 Å². The summed E-state index contributed by atoms with van der Waals surface area (Å²) in [6, 6.07) is 23.2. The van der Waals surface area contributed by atoms with Crippen LogP contribution in [0.5, 0.6) is 5.75 Å². The number of aliphatic carboxylic acids is 1. The fourth-order valence-corrected chi connectivity index (χ4v) is 4.45. The molecular formula is C28H27N3O4S. The first-order chi connectivity index (χ1) is 17.4. The number of rotatable bonds is 10. The highest BCUT2D eigenvalue weighted by molar-refractivity contribution is 7.21. The van der Waals surface area contributed by atoms with E-state index < -0.39 is 5.97 Å². The van der Waals surface area contributed by atoms with Crippen molar-refractivity contribution in [1.82, 2.24) is 10.3 Å². The molecule has 184 valence electrons. The Morgan fingerprint density at radius 1 is 1.03 bits per heavy atom. The molecule has 1 atom stereocenters. The van der Waals surface area contributed by atoms with Crippen molar-refractivity contribution >= 4 is 39.1 Å². The van der Waals surface area contributed by atoms with Crippen LogP contribution in [-0.4, -0.2) is 34.6 Å². The first-order valence-corrected chi connectivity index (χ1v) is 12.4. The fraction of sp³-hybridized carbons (Fsp3) is 0.179. The number of aromatic nitrogens is 1. The van der Waals surface area contributed by atoms with E-state index in [2.05, 4.69) is 30.5 Å². The second-order valence-electron chi connectivity index (χ2n) is 8.54. The number of amides is 1. The first kappa shape index (κ1) is 24.9. The second kappa shape index (κ2) is 11.5. The normalized spacial score (nSPS) is 12.1. The number of benzene rings is 3. The van der Waals surface area contributed by atoms with Gasteiger partial charge in [0.2, 0.25) is 0 Å². The van der Waals surface area contributed by atoms with Crippen molar-refractivity contribution in [3.8, 4) is 16.3 Å². The van der Waals surface area contributed by atoms with Crippen LogP contribution in [0.25, 0.3) is 20.8 Å². The van der Waals surface area contributed by atoms with Crippen LogP contribution in [0, 0.1) is 5.92 Å². The number of anilines is 1. The van der Waals surface area contributed by atoms with Gasteiger partial charge in [-0.1, -0.05) is 26.0 Å². The number of hydrogen-bond donors (Lipinski definition) is 3. The van der Waals surface area contributed by atoms with E-state index >= 15 is 0 Å². The van der Waals surface area contributed by atoms with Crippen molar-refractivity contribution < 1.29 is 19.4 Å². The minimum absolute atomic E-state index is 0.0483. The lowest BCUT2D eigenvalue weighted by Crippen LogP contribution is -2.32. The van der Waals surface area contributed by atoms with E-state index in [-0.39, 0.29) is 11.9 Å². The molecule has 0 radical (unpaired) electrons. The molecule has 4 aromatic rings. The maximum atomic E-state index is 12.1. The van der Waals surface area contributed by atoms with Crippen LogP contribution in [0.3, 0.4) is 0 Å². The first-order valence-electron chi connectivity index (χ1n) is 11.5. The van der Waals surface area contributed by atoms with Crippen LogP contribution in [0.15, 0.2) is 85.1 Å². The number of carboxylic acids is 1. The van der Waals surface area contributed by atoms with Crippen molar-refractivity contribution in [1.29, 1.82) is 0 Å². The fourth-order valence-electron chi connectivity index (χ4n) is 3.48. The summed E-state index contributed by atoms with van der Waals surface area (Å²) in [5.74, 6) is -0.414. The van der Waals surface area contributed by atoms with E-state index in [1.54, 1.807) is 23.5 Å². The van der Waals surface area contributed by atoms with Gasteiger partial charge in [0.1, 0.15) is 17.4 Å². The number of nitrogens with one attached hydrogen (secondary N) is 2. The Kier molecular flexibility index (Phi) is 7.97. The Labute approximate surface area is 213 Å². The lowest BCUT2D eigenvalue weighted by molar-refractivity contribution is -0.131. The SMILES string of the molecule is CC(C)[C@@H](COc1ccc(-c2nc3ccccc3s2)cc1)Nc1ccc(C(=O)NC=CC(=O)O)cc1. The number of thiazole rings is 1. The number of ether oxygens (including phenoxy) is 1. The lowest BCUT2D eigenvalue weighted by atomic mass is 10.0. The molecule has 7 nitrogen and oxygen atoms in total. The molecule has 0 saturated heterocycles. The summed E-state index contributed by atoms with van der Waals surface area (Å²) in [5.41, 5.74) is 3.36. The molecule has 1 heterocycles. The third kappa shape index (κ3) is 6.49. The molecule has 8 heteroatoms. The van der Waals surface area contributed by atoms with Gasteiger partial charge in [-0.15, -0.1) is 11.3 Å². The third-order valence-electron chi connectivity index (χ3n) is 5.57. The number of nitrogens with zero attached hydrogens (tertiary/aromatic N) is 1. The topological polar surface area (TPSA) is 101 Å². The molecule has 0 aliphatic carbocycles. The van der Waals surface area contributed by atoms with E-state index in [0.717, 1.165) is 39.8 Å². The van der Waals surface area contributed by atoms with Crippen molar-refractivity contribution in [2.45, 2.75) is 19.9 Å². The molecule has 3 aromatic carbocycles. The van der Waals surface area contributed by atoms with Gasteiger partial charge in [0.05, 0.1) is 16.3 Å². The zero-order valence-electron chi connectivity index (χ0n) is 20.0. The summed E-state index contributed by atoms with van der Waals surface area (Å²) in [5, 5.41) is 15.5. The summed E-state index contributed by atoms with van der Waals surface area (Å²) in [4.78, 5) is 27.3. The molecule has 3 N–H and O–H groups in total. The molecule has 0 fully saturated rings. The van der Waals surface area contributed by atoms with Crippen molar-refractivity contribution in [3.63, 3.8) is 0 Å². The molecular weight excluding hydrogens is 474 g/mol. The molecule has 0 bridgehead atoms. The molecule has 0 spiro atoms. The van der Waals surface area contributed by atoms with Crippen LogP contribution in [-0.2, 0) is 4.79 Å². The number of para-hydroxylation sites is 1. The van der Waals surface area contributed by atoms with Crippen molar-refractivity contribution in [2.75, 3.05) is 11.9 Å². The van der Waals surface area contributed by atoms with E-state index in [4.69, 9.17) is 14.8 Å². The van der Waals surface area contributed by atoms with Gasteiger partial charge in [0.25, 0.3) is 5.91 Å². The predicted molar refractivity (Wildman–Crippen MR) is 143 cm³/mol. The van der Waals surface area contributed by atoms with Gasteiger partial charge in [-0.3, -0.25) is 4.79 Å². The van der Waals surface area contributed by atoms with Gasteiger partial charge in [-0.25, -0.2) is 9.78 Å². The highest BCUT2D eigenvalue weighted by Crippen LogP contribution is 2.31. The van der Waals surface area contributed by atoms with E-state index in [1.807, 2.05) is 54.6 Å².